The van der Waals surface area contributed by atoms with Gasteiger partial charge in [0.15, 0.2) is 5.82 Å². The molecule has 0 saturated heterocycles. The first-order chi connectivity index (χ1) is 9.16. The fourth-order valence-corrected chi connectivity index (χ4v) is 2.34. The van der Waals surface area contributed by atoms with Crippen molar-refractivity contribution in [3.05, 3.63) is 52.9 Å². The van der Waals surface area contributed by atoms with E-state index in [-0.39, 0.29) is 5.56 Å². The highest BCUT2D eigenvalue weighted by atomic mass is 79.9. The molecule has 0 radical (unpaired) electrons. The summed E-state index contributed by atoms with van der Waals surface area (Å²) >= 11 is 3.37. The van der Waals surface area contributed by atoms with Gasteiger partial charge in [-0.3, -0.25) is 9.38 Å². The lowest BCUT2D eigenvalue weighted by Gasteiger charge is -2.01. The topological polar surface area (TPSA) is 67.5 Å². The van der Waals surface area contributed by atoms with E-state index in [4.69, 9.17) is 5.11 Å². The smallest absolute Gasteiger partial charge is 0.337 e. The number of carboxylic acid groups (broad SMARTS) is 1. The quantitative estimate of drug-likeness (QED) is 0.789. The summed E-state index contributed by atoms with van der Waals surface area (Å²) in [6.07, 6.45) is 3.21. The molecule has 3 rings (SSSR count). The van der Waals surface area contributed by atoms with E-state index in [1.165, 1.54) is 0 Å². The van der Waals surface area contributed by atoms with E-state index in [0.29, 0.717) is 16.1 Å². The minimum absolute atomic E-state index is 0.203. The van der Waals surface area contributed by atoms with Crippen molar-refractivity contribution >= 4 is 27.4 Å². The van der Waals surface area contributed by atoms with Gasteiger partial charge in [-0.1, -0.05) is 6.07 Å². The van der Waals surface area contributed by atoms with Crippen LogP contribution in [0.1, 0.15) is 10.4 Å². The summed E-state index contributed by atoms with van der Waals surface area (Å²) in [7, 11) is 0. The Morgan fingerprint density at radius 1 is 1.26 bits per heavy atom. The number of carboxylic acids is 1. The molecule has 0 unspecified atom stereocenters. The van der Waals surface area contributed by atoms with Crippen LogP contribution in [0.2, 0.25) is 0 Å². The van der Waals surface area contributed by atoms with E-state index in [2.05, 4.69) is 25.9 Å². The molecule has 0 aliphatic rings. The molecule has 0 aliphatic heterocycles. The van der Waals surface area contributed by atoms with Crippen LogP contribution < -0.4 is 0 Å². The molecule has 0 atom stereocenters. The van der Waals surface area contributed by atoms with Gasteiger partial charge in [-0.05, 0) is 40.2 Å². The van der Waals surface area contributed by atoms with Gasteiger partial charge in [0.1, 0.15) is 10.3 Å². The van der Waals surface area contributed by atoms with Crippen molar-refractivity contribution in [2.45, 2.75) is 0 Å². The Balaban J connectivity index is 2.30. The van der Waals surface area contributed by atoms with Crippen LogP contribution >= 0.6 is 15.9 Å². The second-order valence-electron chi connectivity index (χ2n) is 3.92. The normalized spacial score (nSPS) is 10.8. The summed E-state index contributed by atoms with van der Waals surface area (Å²) in [4.78, 5) is 19.7. The Bertz CT molecular complexity index is 768. The molecule has 0 amide bonds. The maximum absolute atomic E-state index is 11.0. The summed E-state index contributed by atoms with van der Waals surface area (Å²) < 4.78 is 2.38. The van der Waals surface area contributed by atoms with Crippen molar-refractivity contribution in [1.29, 1.82) is 0 Å². The number of imidazole rings is 1. The van der Waals surface area contributed by atoms with Gasteiger partial charge in [0.05, 0.1) is 11.1 Å². The molecular formula is C13H8BrN3O2. The fraction of sp³-hybridized carbons (Fsp3) is 0. The van der Waals surface area contributed by atoms with E-state index in [0.717, 1.165) is 5.52 Å². The number of aromatic carboxylic acids is 1. The molecule has 0 spiro atoms. The van der Waals surface area contributed by atoms with E-state index < -0.39 is 5.97 Å². The first kappa shape index (κ1) is 11.9. The van der Waals surface area contributed by atoms with Gasteiger partial charge < -0.3 is 5.11 Å². The second-order valence-corrected chi connectivity index (χ2v) is 4.67. The monoisotopic (exact) mass is 317 g/mol. The molecule has 1 N–H and O–H groups in total. The van der Waals surface area contributed by atoms with Crippen LogP contribution in [0.3, 0.4) is 0 Å². The molecule has 0 saturated carbocycles. The zero-order chi connectivity index (χ0) is 13.4. The number of pyridine rings is 2. The summed E-state index contributed by atoms with van der Waals surface area (Å²) in [6, 6.07) is 8.77. The SMILES string of the molecule is O=C(O)c1ccc2c(Br)nc(-c3ccccn3)n2c1. The number of nitrogens with zero attached hydrogens (tertiary/aromatic N) is 3. The van der Waals surface area contributed by atoms with Crippen LogP contribution in [-0.2, 0) is 0 Å². The lowest BCUT2D eigenvalue weighted by molar-refractivity contribution is 0.0696. The van der Waals surface area contributed by atoms with E-state index in [1.54, 1.807) is 28.9 Å². The van der Waals surface area contributed by atoms with Gasteiger partial charge in [0.2, 0.25) is 0 Å². The maximum atomic E-state index is 11.0. The number of hydrogen-bond donors (Lipinski definition) is 1. The van der Waals surface area contributed by atoms with Gasteiger partial charge >= 0.3 is 5.97 Å². The van der Waals surface area contributed by atoms with Crippen LogP contribution in [0.4, 0.5) is 0 Å². The van der Waals surface area contributed by atoms with Crippen molar-refractivity contribution < 1.29 is 9.90 Å². The average molecular weight is 318 g/mol. The largest absolute Gasteiger partial charge is 0.478 e. The predicted molar refractivity (Wildman–Crippen MR) is 73.1 cm³/mol. The molecule has 5 nitrogen and oxygen atoms in total. The molecule has 3 aromatic rings. The van der Waals surface area contributed by atoms with Crippen molar-refractivity contribution in [2.24, 2.45) is 0 Å². The molecule has 19 heavy (non-hydrogen) atoms. The zero-order valence-electron chi connectivity index (χ0n) is 9.62. The number of hydrogen-bond acceptors (Lipinski definition) is 3. The summed E-state index contributed by atoms with van der Waals surface area (Å²) in [5.74, 6) is -0.371. The average Bonchev–Trinajstić information content (AvgIpc) is 2.77. The lowest BCUT2D eigenvalue weighted by Crippen LogP contribution is -1.99. The lowest BCUT2D eigenvalue weighted by atomic mass is 10.2. The van der Waals surface area contributed by atoms with Crippen LogP contribution in [0, 0.1) is 0 Å². The fourth-order valence-electron chi connectivity index (χ4n) is 1.85. The summed E-state index contributed by atoms with van der Waals surface area (Å²) in [6.45, 7) is 0. The van der Waals surface area contributed by atoms with Gasteiger partial charge in [0, 0.05) is 12.4 Å². The van der Waals surface area contributed by atoms with E-state index in [1.807, 2.05) is 18.2 Å². The van der Waals surface area contributed by atoms with Crippen molar-refractivity contribution in [3.63, 3.8) is 0 Å². The number of rotatable bonds is 2. The molecule has 0 aromatic carbocycles. The van der Waals surface area contributed by atoms with Crippen molar-refractivity contribution in [2.75, 3.05) is 0 Å². The third-order valence-electron chi connectivity index (χ3n) is 2.73. The Labute approximate surface area is 116 Å². The van der Waals surface area contributed by atoms with E-state index >= 15 is 0 Å². The van der Waals surface area contributed by atoms with Crippen molar-refractivity contribution in [1.82, 2.24) is 14.4 Å². The standard InChI is InChI=1S/C13H8BrN3O2/c14-11-10-5-4-8(13(18)19)7-17(10)12(16-11)9-3-1-2-6-15-9/h1-7H,(H,18,19). The van der Waals surface area contributed by atoms with E-state index in [9.17, 15) is 4.79 Å². The Hall–Kier alpha value is -2.21. The van der Waals surface area contributed by atoms with Crippen LogP contribution in [-0.4, -0.2) is 25.4 Å². The number of carbonyl (C=O) groups is 1. The maximum Gasteiger partial charge on any atom is 0.337 e. The Morgan fingerprint density at radius 3 is 2.79 bits per heavy atom. The number of aromatic nitrogens is 3. The molecular weight excluding hydrogens is 310 g/mol. The van der Waals surface area contributed by atoms with Crippen LogP contribution in [0.25, 0.3) is 17.0 Å². The third kappa shape index (κ3) is 2.00. The van der Waals surface area contributed by atoms with Crippen LogP contribution in [0.5, 0.6) is 0 Å². The zero-order valence-corrected chi connectivity index (χ0v) is 11.2. The third-order valence-corrected chi connectivity index (χ3v) is 3.32. The molecule has 0 bridgehead atoms. The number of halogens is 1. The van der Waals surface area contributed by atoms with Crippen molar-refractivity contribution in [3.8, 4) is 11.5 Å². The van der Waals surface area contributed by atoms with Gasteiger partial charge in [-0.15, -0.1) is 0 Å². The van der Waals surface area contributed by atoms with Gasteiger partial charge in [-0.25, -0.2) is 9.78 Å². The molecule has 0 fully saturated rings. The first-order valence-electron chi connectivity index (χ1n) is 5.49. The first-order valence-corrected chi connectivity index (χ1v) is 6.28. The minimum Gasteiger partial charge on any atom is -0.478 e. The molecule has 6 heteroatoms. The summed E-state index contributed by atoms with van der Waals surface area (Å²) in [5.41, 5.74) is 1.69. The van der Waals surface area contributed by atoms with Gasteiger partial charge in [0.25, 0.3) is 0 Å². The second kappa shape index (κ2) is 4.47. The summed E-state index contributed by atoms with van der Waals surface area (Å²) in [5, 5.41) is 9.05. The molecule has 0 aliphatic carbocycles. The Kier molecular flexibility index (Phi) is 2.79. The predicted octanol–water partition coefficient (Wildman–Crippen LogP) is 2.86. The Morgan fingerprint density at radius 2 is 2.11 bits per heavy atom. The molecule has 3 aromatic heterocycles. The highest BCUT2D eigenvalue weighted by Crippen LogP contribution is 2.25. The number of fused-ring (bicyclic) bond motifs is 1. The highest BCUT2D eigenvalue weighted by molar-refractivity contribution is 9.10. The van der Waals surface area contributed by atoms with Crippen LogP contribution in [0.15, 0.2) is 47.3 Å². The molecule has 3 heterocycles. The highest BCUT2D eigenvalue weighted by Gasteiger charge is 2.13. The molecule has 94 valence electrons. The van der Waals surface area contributed by atoms with Gasteiger partial charge in [-0.2, -0.15) is 0 Å². The minimum atomic E-state index is -0.973.